The zero-order chi connectivity index (χ0) is 20.7. The Kier molecular flexibility index (Phi) is 4.34. The van der Waals surface area contributed by atoms with Crippen molar-refractivity contribution < 1.29 is 14.3 Å². The van der Waals surface area contributed by atoms with Crippen molar-refractivity contribution in [1.82, 2.24) is 15.0 Å². The van der Waals surface area contributed by atoms with Crippen molar-refractivity contribution in [2.24, 2.45) is 11.1 Å². The van der Waals surface area contributed by atoms with Gasteiger partial charge in [-0.3, -0.25) is 9.59 Å². The van der Waals surface area contributed by atoms with Gasteiger partial charge < -0.3 is 15.8 Å². The highest BCUT2D eigenvalue weighted by molar-refractivity contribution is 6.12. The highest BCUT2D eigenvalue weighted by atomic mass is 16.5. The molecule has 0 spiro atoms. The van der Waals surface area contributed by atoms with Gasteiger partial charge in [0.2, 0.25) is 17.7 Å². The van der Waals surface area contributed by atoms with E-state index < -0.39 is 11.3 Å². The maximum absolute atomic E-state index is 12.3. The van der Waals surface area contributed by atoms with Crippen LogP contribution in [0.25, 0.3) is 11.0 Å². The van der Waals surface area contributed by atoms with Crippen LogP contribution in [0.3, 0.4) is 0 Å². The van der Waals surface area contributed by atoms with Gasteiger partial charge in [-0.15, -0.1) is 0 Å². The molecule has 0 atom stereocenters. The first-order chi connectivity index (χ1) is 14.5. The Bertz CT molecular complexity index is 1160. The molecule has 0 radical (unpaired) electrons. The largest absolute Gasteiger partial charge is 0.437 e. The number of hydrogen-bond acceptors (Lipinski definition) is 6. The van der Waals surface area contributed by atoms with Gasteiger partial charge in [0.05, 0.1) is 5.52 Å². The lowest BCUT2D eigenvalue weighted by Gasteiger charge is -2.16. The molecule has 3 aromatic rings. The van der Waals surface area contributed by atoms with Crippen LogP contribution in [0.15, 0.2) is 36.7 Å². The number of primary amides is 1. The number of aromatic nitrogens is 3. The number of carbonyl (C=O) groups is 2. The number of carbonyl (C=O) groups excluding carboxylic acids is 2. The molecule has 30 heavy (non-hydrogen) atoms. The van der Waals surface area contributed by atoms with Gasteiger partial charge in [0.1, 0.15) is 17.5 Å². The minimum absolute atomic E-state index is 0.362. The smallest absolute Gasteiger partial charge is 0.249 e. The van der Waals surface area contributed by atoms with Gasteiger partial charge in [-0.1, -0.05) is 0 Å². The van der Waals surface area contributed by atoms with Crippen LogP contribution < -0.4 is 15.8 Å². The van der Waals surface area contributed by atoms with Crippen molar-refractivity contribution in [3.63, 3.8) is 0 Å². The molecule has 2 aliphatic carbocycles. The molecule has 3 N–H and O–H groups in total. The van der Waals surface area contributed by atoms with E-state index in [1.54, 1.807) is 24.3 Å². The number of pyridine rings is 1. The lowest BCUT2D eigenvalue weighted by atomic mass is 9.96. The molecule has 0 aliphatic heterocycles. The Morgan fingerprint density at radius 2 is 1.83 bits per heavy atom. The third-order valence-corrected chi connectivity index (χ3v) is 5.84. The summed E-state index contributed by atoms with van der Waals surface area (Å²) in [6, 6.07) is 8.96. The normalized spacial score (nSPS) is 16.5. The molecular weight excluding hydrogens is 382 g/mol. The van der Waals surface area contributed by atoms with Crippen molar-refractivity contribution in [2.45, 2.75) is 38.5 Å². The number of fused-ring (bicyclic) bond motifs is 2. The number of aryl methyl sites for hydroxylation is 2. The SMILES string of the molecule is NC(=O)C1(C(=O)Nc2ccc(Oc3ncnc4cc5c(nc34)CCCC5)cc2)CC1. The van der Waals surface area contributed by atoms with E-state index in [1.165, 1.54) is 18.3 Å². The number of nitrogens with zero attached hydrogens (tertiary/aromatic N) is 3. The summed E-state index contributed by atoms with van der Waals surface area (Å²) < 4.78 is 5.96. The van der Waals surface area contributed by atoms with Crippen LogP contribution in [0.1, 0.15) is 36.9 Å². The molecule has 2 amide bonds. The van der Waals surface area contributed by atoms with E-state index in [0.29, 0.717) is 35.7 Å². The molecule has 8 heteroatoms. The van der Waals surface area contributed by atoms with Gasteiger partial charge in [0, 0.05) is 11.4 Å². The number of amides is 2. The standard InChI is InChI=1S/C22H21N5O3/c23-20(28)22(9-10-22)21(29)26-14-5-7-15(8-6-14)30-19-18-17(24-12-25-19)11-13-3-1-2-4-16(13)27-18/h5-8,11-12H,1-4,9-10H2,(H2,23,28)(H,26,29). The summed E-state index contributed by atoms with van der Waals surface area (Å²) in [7, 11) is 0. The number of hydrogen-bond donors (Lipinski definition) is 2. The highest BCUT2D eigenvalue weighted by Crippen LogP contribution is 2.46. The van der Waals surface area contributed by atoms with Crippen molar-refractivity contribution in [3.8, 4) is 11.6 Å². The second-order valence-corrected chi connectivity index (χ2v) is 7.87. The second kappa shape index (κ2) is 7.05. The first-order valence-electron chi connectivity index (χ1n) is 10.1. The minimum atomic E-state index is -1.06. The maximum Gasteiger partial charge on any atom is 0.249 e. The van der Waals surface area contributed by atoms with Crippen LogP contribution in [-0.2, 0) is 22.4 Å². The Morgan fingerprint density at radius 3 is 2.57 bits per heavy atom. The topological polar surface area (TPSA) is 120 Å². The van der Waals surface area contributed by atoms with Crippen LogP contribution in [0, 0.1) is 5.41 Å². The first kappa shape index (κ1) is 18.5. The van der Waals surface area contributed by atoms with Gasteiger partial charge in [-0.05, 0) is 74.4 Å². The summed E-state index contributed by atoms with van der Waals surface area (Å²) in [6.45, 7) is 0. The Hall–Kier alpha value is -3.55. The van der Waals surface area contributed by atoms with E-state index in [-0.39, 0.29) is 5.91 Å². The predicted octanol–water partition coefficient (Wildman–Crippen LogP) is 2.90. The third-order valence-electron chi connectivity index (χ3n) is 5.84. The molecule has 5 rings (SSSR count). The zero-order valence-corrected chi connectivity index (χ0v) is 16.4. The molecule has 8 nitrogen and oxygen atoms in total. The average molecular weight is 403 g/mol. The summed E-state index contributed by atoms with van der Waals surface area (Å²) in [5.41, 5.74) is 8.62. The van der Waals surface area contributed by atoms with E-state index in [9.17, 15) is 9.59 Å². The summed E-state index contributed by atoms with van der Waals surface area (Å²) in [4.78, 5) is 37.2. The molecule has 1 saturated carbocycles. The fraction of sp³-hybridized carbons (Fsp3) is 0.318. The molecule has 0 bridgehead atoms. The molecule has 2 aromatic heterocycles. The van der Waals surface area contributed by atoms with Gasteiger partial charge in [0.25, 0.3) is 0 Å². The molecule has 0 unspecified atom stereocenters. The number of ether oxygens (including phenoxy) is 1. The zero-order valence-electron chi connectivity index (χ0n) is 16.4. The van der Waals surface area contributed by atoms with E-state index >= 15 is 0 Å². The molecule has 2 heterocycles. The van der Waals surface area contributed by atoms with E-state index in [0.717, 1.165) is 30.5 Å². The van der Waals surface area contributed by atoms with Crippen LogP contribution in [0.5, 0.6) is 11.6 Å². The molecule has 152 valence electrons. The Balaban J connectivity index is 1.35. The fourth-order valence-corrected chi connectivity index (χ4v) is 3.84. The summed E-state index contributed by atoms with van der Waals surface area (Å²) in [6.07, 6.45) is 6.77. The fourth-order valence-electron chi connectivity index (χ4n) is 3.84. The van der Waals surface area contributed by atoms with Crippen molar-refractivity contribution in [3.05, 3.63) is 47.9 Å². The maximum atomic E-state index is 12.3. The summed E-state index contributed by atoms with van der Waals surface area (Å²) in [5.74, 6) is 0.0177. The lowest BCUT2D eigenvalue weighted by molar-refractivity contribution is -0.132. The molecule has 1 aromatic carbocycles. The number of nitrogens with one attached hydrogen (secondary N) is 1. The van der Waals surface area contributed by atoms with Gasteiger partial charge in [-0.2, -0.15) is 4.98 Å². The van der Waals surface area contributed by atoms with E-state index in [4.69, 9.17) is 15.5 Å². The van der Waals surface area contributed by atoms with Gasteiger partial charge in [0.15, 0.2) is 5.52 Å². The van der Waals surface area contributed by atoms with Crippen LogP contribution in [0.4, 0.5) is 5.69 Å². The monoisotopic (exact) mass is 403 g/mol. The van der Waals surface area contributed by atoms with E-state index in [1.807, 2.05) is 0 Å². The molecule has 2 aliphatic rings. The third kappa shape index (κ3) is 3.24. The molecular formula is C22H21N5O3. The Labute approximate surface area is 172 Å². The quantitative estimate of drug-likeness (QED) is 0.632. The lowest BCUT2D eigenvalue weighted by Crippen LogP contribution is -2.36. The molecule has 1 fully saturated rings. The van der Waals surface area contributed by atoms with Crippen LogP contribution >= 0.6 is 0 Å². The highest BCUT2D eigenvalue weighted by Gasteiger charge is 2.55. The minimum Gasteiger partial charge on any atom is -0.437 e. The van der Waals surface area contributed by atoms with Crippen molar-refractivity contribution >= 4 is 28.5 Å². The van der Waals surface area contributed by atoms with Crippen molar-refractivity contribution in [2.75, 3.05) is 5.32 Å². The number of rotatable bonds is 5. The number of nitrogens with two attached hydrogens (primary N) is 1. The Morgan fingerprint density at radius 1 is 1.07 bits per heavy atom. The second-order valence-electron chi connectivity index (χ2n) is 7.87. The van der Waals surface area contributed by atoms with Gasteiger partial charge >= 0.3 is 0 Å². The van der Waals surface area contributed by atoms with Gasteiger partial charge in [-0.25, -0.2) is 9.97 Å². The molecule has 0 saturated heterocycles. The average Bonchev–Trinajstić information content (AvgIpc) is 3.56. The summed E-state index contributed by atoms with van der Waals surface area (Å²) in [5, 5.41) is 2.75. The number of anilines is 1. The van der Waals surface area contributed by atoms with Crippen LogP contribution in [-0.4, -0.2) is 26.8 Å². The predicted molar refractivity (Wildman–Crippen MR) is 110 cm³/mol. The summed E-state index contributed by atoms with van der Waals surface area (Å²) >= 11 is 0. The number of benzene rings is 1. The van der Waals surface area contributed by atoms with E-state index in [2.05, 4.69) is 21.4 Å². The first-order valence-corrected chi connectivity index (χ1v) is 10.1. The van der Waals surface area contributed by atoms with Crippen LogP contribution in [0.2, 0.25) is 0 Å². The van der Waals surface area contributed by atoms with Crippen molar-refractivity contribution in [1.29, 1.82) is 0 Å².